The molecule has 0 spiro atoms. The van der Waals surface area contributed by atoms with Gasteiger partial charge in [0.05, 0.1) is 0 Å². The van der Waals surface area contributed by atoms with E-state index in [4.69, 9.17) is 5.11 Å². The molecule has 0 aliphatic heterocycles. The SMILES string of the molecule is CCCc1cncn2cc(C(=O)O)nc12. The van der Waals surface area contributed by atoms with Gasteiger partial charge >= 0.3 is 5.97 Å². The minimum absolute atomic E-state index is 0.0559. The van der Waals surface area contributed by atoms with Gasteiger partial charge in [0.1, 0.15) is 12.0 Å². The first-order chi connectivity index (χ1) is 7.22. The van der Waals surface area contributed by atoms with Crippen LogP contribution in [0.4, 0.5) is 0 Å². The average Bonchev–Trinajstić information content (AvgIpc) is 2.63. The topological polar surface area (TPSA) is 67.5 Å². The summed E-state index contributed by atoms with van der Waals surface area (Å²) in [6.45, 7) is 2.06. The van der Waals surface area contributed by atoms with Crippen LogP contribution in [0.2, 0.25) is 0 Å². The Morgan fingerprint density at radius 2 is 2.40 bits per heavy atom. The maximum Gasteiger partial charge on any atom is 0.356 e. The molecular weight excluding hydrogens is 194 g/mol. The summed E-state index contributed by atoms with van der Waals surface area (Å²) in [6.07, 6.45) is 6.61. The van der Waals surface area contributed by atoms with Crippen molar-refractivity contribution in [3.05, 3.63) is 30.0 Å². The Labute approximate surface area is 86.4 Å². The number of nitrogens with zero attached hydrogens (tertiary/aromatic N) is 3. The van der Waals surface area contributed by atoms with Crippen LogP contribution in [0.3, 0.4) is 0 Å². The lowest BCUT2D eigenvalue weighted by Crippen LogP contribution is -1.95. The molecule has 15 heavy (non-hydrogen) atoms. The van der Waals surface area contributed by atoms with Crippen molar-refractivity contribution in [2.75, 3.05) is 0 Å². The molecule has 0 saturated carbocycles. The van der Waals surface area contributed by atoms with Crippen LogP contribution in [0.5, 0.6) is 0 Å². The molecule has 5 nitrogen and oxygen atoms in total. The normalized spacial score (nSPS) is 10.7. The molecule has 0 fully saturated rings. The predicted molar refractivity (Wildman–Crippen MR) is 53.9 cm³/mol. The third kappa shape index (κ3) is 1.68. The van der Waals surface area contributed by atoms with E-state index in [9.17, 15) is 4.79 Å². The van der Waals surface area contributed by atoms with Crippen LogP contribution in [-0.4, -0.2) is 25.4 Å². The van der Waals surface area contributed by atoms with Crippen molar-refractivity contribution in [1.82, 2.24) is 14.4 Å². The molecule has 1 N–H and O–H groups in total. The maximum absolute atomic E-state index is 10.7. The molecule has 2 aromatic heterocycles. The molecule has 0 aliphatic carbocycles. The summed E-state index contributed by atoms with van der Waals surface area (Å²) in [7, 11) is 0. The zero-order chi connectivity index (χ0) is 10.8. The Bertz CT molecular complexity index is 504. The fourth-order valence-corrected chi connectivity index (χ4v) is 1.52. The van der Waals surface area contributed by atoms with Crippen LogP contribution in [0.1, 0.15) is 29.4 Å². The summed E-state index contributed by atoms with van der Waals surface area (Å²) < 4.78 is 1.65. The van der Waals surface area contributed by atoms with Crippen molar-refractivity contribution in [2.24, 2.45) is 0 Å². The average molecular weight is 205 g/mol. The van der Waals surface area contributed by atoms with Crippen LogP contribution < -0.4 is 0 Å². The van der Waals surface area contributed by atoms with E-state index in [0.29, 0.717) is 5.65 Å². The third-order valence-corrected chi connectivity index (χ3v) is 2.18. The second-order valence-electron chi connectivity index (χ2n) is 3.33. The van der Waals surface area contributed by atoms with Crippen molar-refractivity contribution in [1.29, 1.82) is 0 Å². The maximum atomic E-state index is 10.7. The zero-order valence-corrected chi connectivity index (χ0v) is 8.34. The number of aryl methyl sites for hydroxylation is 1. The quantitative estimate of drug-likeness (QED) is 0.821. The molecule has 2 heterocycles. The lowest BCUT2D eigenvalue weighted by atomic mass is 10.2. The number of rotatable bonds is 3. The summed E-state index contributed by atoms with van der Waals surface area (Å²) >= 11 is 0. The fraction of sp³-hybridized carbons (Fsp3) is 0.300. The van der Waals surface area contributed by atoms with E-state index >= 15 is 0 Å². The van der Waals surface area contributed by atoms with E-state index < -0.39 is 5.97 Å². The Morgan fingerprint density at radius 3 is 3.07 bits per heavy atom. The van der Waals surface area contributed by atoms with Crippen LogP contribution in [0, 0.1) is 0 Å². The molecule has 78 valence electrons. The molecule has 0 atom stereocenters. The molecule has 2 aromatic rings. The molecule has 0 radical (unpaired) electrons. The molecule has 0 unspecified atom stereocenters. The monoisotopic (exact) mass is 205 g/mol. The summed E-state index contributed by atoms with van der Waals surface area (Å²) in [6, 6.07) is 0. The largest absolute Gasteiger partial charge is 0.476 e. The van der Waals surface area contributed by atoms with Crippen LogP contribution in [-0.2, 0) is 6.42 Å². The first-order valence-electron chi connectivity index (χ1n) is 4.77. The van der Waals surface area contributed by atoms with Crippen LogP contribution in [0.15, 0.2) is 18.7 Å². The zero-order valence-electron chi connectivity index (χ0n) is 8.34. The third-order valence-electron chi connectivity index (χ3n) is 2.18. The van der Waals surface area contributed by atoms with Gasteiger partial charge in [0, 0.05) is 18.0 Å². The van der Waals surface area contributed by atoms with Gasteiger partial charge in [-0.1, -0.05) is 13.3 Å². The smallest absolute Gasteiger partial charge is 0.356 e. The van der Waals surface area contributed by atoms with E-state index in [-0.39, 0.29) is 5.69 Å². The van der Waals surface area contributed by atoms with E-state index in [1.807, 2.05) is 0 Å². The highest BCUT2D eigenvalue weighted by molar-refractivity contribution is 5.86. The number of carboxylic acid groups (broad SMARTS) is 1. The van der Waals surface area contributed by atoms with Crippen molar-refractivity contribution in [2.45, 2.75) is 19.8 Å². The minimum Gasteiger partial charge on any atom is -0.476 e. The van der Waals surface area contributed by atoms with Crippen molar-refractivity contribution in [3.8, 4) is 0 Å². The van der Waals surface area contributed by atoms with Gasteiger partial charge in [0.2, 0.25) is 0 Å². The van der Waals surface area contributed by atoms with Gasteiger partial charge in [-0.3, -0.25) is 4.40 Å². The van der Waals surface area contributed by atoms with Crippen molar-refractivity contribution in [3.63, 3.8) is 0 Å². The number of hydrogen-bond donors (Lipinski definition) is 1. The number of carbonyl (C=O) groups is 1. The number of fused-ring (bicyclic) bond motifs is 1. The van der Waals surface area contributed by atoms with Gasteiger partial charge in [-0.2, -0.15) is 0 Å². The lowest BCUT2D eigenvalue weighted by molar-refractivity contribution is 0.0691. The van der Waals surface area contributed by atoms with Crippen molar-refractivity contribution < 1.29 is 9.90 Å². The molecule has 0 amide bonds. The van der Waals surface area contributed by atoms with Crippen LogP contribution >= 0.6 is 0 Å². The molecule has 0 saturated heterocycles. The van der Waals surface area contributed by atoms with Crippen LogP contribution in [0.25, 0.3) is 5.65 Å². The van der Waals surface area contributed by atoms with E-state index in [1.165, 1.54) is 6.20 Å². The molecule has 5 heteroatoms. The highest BCUT2D eigenvalue weighted by Crippen LogP contribution is 2.11. The molecule has 2 rings (SSSR count). The van der Waals surface area contributed by atoms with Gasteiger partial charge in [-0.05, 0) is 6.42 Å². The highest BCUT2D eigenvalue weighted by Gasteiger charge is 2.10. The Morgan fingerprint density at radius 1 is 1.60 bits per heavy atom. The first-order valence-corrected chi connectivity index (χ1v) is 4.77. The molecule has 0 aliphatic rings. The van der Waals surface area contributed by atoms with Gasteiger partial charge in [0.15, 0.2) is 5.69 Å². The second-order valence-corrected chi connectivity index (χ2v) is 3.33. The number of aromatic nitrogens is 3. The van der Waals surface area contributed by atoms with Gasteiger partial charge in [0.25, 0.3) is 0 Å². The summed E-state index contributed by atoms with van der Waals surface area (Å²) in [5, 5.41) is 8.81. The fourth-order valence-electron chi connectivity index (χ4n) is 1.52. The second kappa shape index (κ2) is 3.68. The number of carboxylic acids is 1. The van der Waals surface area contributed by atoms with E-state index in [0.717, 1.165) is 18.4 Å². The molecule has 0 aromatic carbocycles. The predicted octanol–water partition coefficient (Wildman–Crippen LogP) is 1.38. The standard InChI is InChI=1S/C10H11N3O2/c1-2-3-7-4-11-6-13-5-8(10(14)15)12-9(7)13/h4-6H,2-3H2,1H3,(H,14,15). The summed E-state index contributed by atoms with van der Waals surface area (Å²) in [5.41, 5.74) is 1.72. The number of imidazole rings is 1. The van der Waals surface area contributed by atoms with Crippen molar-refractivity contribution >= 4 is 11.6 Å². The summed E-state index contributed by atoms with van der Waals surface area (Å²) in [5.74, 6) is -1.01. The van der Waals surface area contributed by atoms with Gasteiger partial charge in [-0.15, -0.1) is 0 Å². The number of hydrogen-bond acceptors (Lipinski definition) is 3. The van der Waals surface area contributed by atoms with Gasteiger partial charge < -0.3 is 5.11 Å². The summed E-state index contributed by atoms with van der Waals surface area (Å²) in [4.78, 5) is 18.8. The number of aromatic carboxylic acids is 1. The van der Waals surface area contributed by atoms with Gasteiger partial charge in [-0.25, -0.2) is 14.8 Å². The van der Waals surface area contributed by atoms with E-state index in [2.05, 4.69) is 16.9 Å². The Balaban J connectivity index is 2.59. The van der Waals surface area contributed by atoms with E-state index in [1.54, 1.807) is 16.9 Å². The first kappa shape index (κ1) is 9.64. The Kier molecular flexibility index (Phi) is 2.37. The lowest BCUT2D eigenvalue weighted by Gasteiger charge is -1.99. The Hall–Kier alpha value is -1.91. The highest BCUT2D eigenvalue weighted by atomic mass is 16.4. The molecule has 0 bridgehead atoms. The molecular formula is C10H11N3O2. The minimum atomic E-state index is -1.01.